The highest BCUT2D eigenvalue weighted by Crippen LogP contribution is 2.25. The van der Waals surface area contributed by atoms with Crippen molar-refractivity contribution in [3.05, 3.63) is 29.8 Å². The molecule has 0 fully saturated rings. The maximum absolute atomic E-state index is 11.3. The number of hydrogen-bond donors (Lipinski definition) is 2. The van der Waals surface area contributed by atoms with E-state index in [2.05, 4.69) is 30.5 Å². The van der Waals surface area contributed by atoms with E-state index in [-0.39, 0.29) is 6.03 Å². The molecule has 0 spiro atoms. The zero-order valence-corrected chi connectivity index (χ0v) is 12.0. The number of nitrogens with one attached hydrogen (secondary N) is 2. The Bertz CT molecular complexity index is 391. The maximum Gasteiger partial charge on any atom is 0.314 e. The first-order chi connectivity index (χ1) is 9.15. The Morgan fingerprint density at radius 3 is 2.58 bits per heavy atom. The zero-order chi connectivity index (χ0) is 14.1. The van der Waals surface area contributed by atoms with Gasteiger partial charge in [0.05, 0.1) is 6.54 Å². The summed E-state index contributed by atoms with van der Waals surface area (Å²) < 4.78 is 5.71. The van der Waals surface area contributed by atoms with Crippen molar-refractivity contribution < 1.29 is 9.53 Å². The van der Waals surface area contributed by atoms with Gasteiger partial charge < -0.3 is 15.4 Å². The lowest BCUT2D eigenvalue weighted by atomic mass is 10.0. The van der Waals surface area contributed by atoms with Gasteiger partial charge in [-0.05, 0) is 24.0 Å². The first kappa shape index (κ1) is 15.3. The molecule has 1 aromatic rings. The van der Waals surface area contributed by atoms with Crippen LogP contribution in [0.4, 0.5) is 4.79 Å². The maximum atomic E-state index is 11.3. The van der Waals surface area contributed by atoms with Crippen LogP contribution in [0.3, 0.4) is 0 Å². The standard InChI is InChI=1S/C15H24N2O2/c1-4-9-16-15(18)17-10-11-19-14-8-6-5-7-13(14)12(2)3/h5-8,12H,4,9-11H2,1-3H3,(H2,16,17,18). The first-order valence-corrected chi connectivity index (χ1v) is 6.88. The quantitative estimate of drug-likeness (QED) is 0.744. The summed E-state index contributed by atoms with van der Waals surface area (Å²) in [5.41, 5.74) is 1.19. The lowest BCUT2D eigenvalue weighted by Crippen LogP contribution is -2.38. The van der Waals surface area contributed by atoms with Crippen LogP contribution in [0.15, 0.2) is 24.3 Å². The lowest BCUT2D eigenvalue weighted by molar-refractivity contribution is 0.236. The van der Waals surface area contributed by atoms with Crippen molar-refractivity contribution >= 4 is 6.03 Å². The van der Waals surface area contributed by atoms with Crippen molar-refractivity contribution in [1.29, 1.82) is 0 Å². The van der Waals surface area contributed by atoms with Crippen LogP contribution >= 0.6 is 0 Å². The van der Waals surface area contributed by atoms with Crippen molar-refractivity contribution in [2.45, 2.75) is 33.1 Å². The second kappa shape index (κ2) is 8.40. The minimum atomic E-state index is -0.136. The van der Waals surface area contributed by atoms with Gasteiger partial charge in [0.2, 0.25) is 0 Å². The number of benzene rings is 1. The molecule has 0 atom stereocenters. The van der Waals surface area contributed by atoms with Crippen LogP contribution in [0.25, 0.3) is 0 Å². The van der Waals surface area contributed by atoms with E-state index in [1.54, 1.807) is 0 Å². The van der Waals surface area contributed by atoms with Gasteiger partial charge in [0.1, 0.15) is 12.4 Å². The normalized spacial score (nSPS) is 10.3. The Kier molecular flexibility index (Phi) is 6.79. The van der Waals surface area contributed by atoms with Gasteiger partial charge in [-0.25, -0.2) is 4.79 Å². The summed E-state index contributed by atoms with van der Waals surface area (Å²) in [7, 11) is 0. The molecule has 2 amide bonds. The van der Waals surface area contributed by atoms with Crippen LogP contribution in [0.2, 0.25) is 0 Å². The van der Waals surface area contributed by atoms with Crippen LogP contribution in [0.5, 0.6) is 5.75 Å². The second-order valence-electron chi connectivity index (χ2n) is 4.72. The SMILES string of the molecule is CCCNC(=O)NCCOc1ccccc1C(C)C. The van der Waals surface area contributed by atoms with Crippen LogP contribution < -0.4 is 15.4 Å². The molecule has 0 aliphatic carbocycles. The van der Waals surface area contributed by atoms with Crippen molar-refractivity contribution in [2.24, 2.45) is 0 Å². The summed E-state index contributed by atoms with van der Waals surface area (Å²) in [4.78, 5) is 11.3. The fourth-order valence-electron chi connectivity index (χ4n) is 1.72. The number of amides is 2. The number of urea groups is 1. The number of rotatable bonds is 7. The van der Waals surface area contributed by atoms with Crippen LogP contribution in [-0.4, -0.2) is 25.7 Å². The van der Waals surface area contributed by atoms with Crippen LogP contribution in [0, 0.1) is 0 Å². The highest BCUT2D eigenvalue weighted by Gasteiger charge is 2.06. The third kappa shape index (κ3) is 5.64. The van der Waals surface area contributed by atoms with E-state index in [0.29, 0.717) is 25.6 Å². The highest BCUT2D eigenvalue weighted by atomic mass is 16.5. The molecule has 19 heavy (non-hydrogen) atoms. The number of para-hydroxylation sites is 1. The molecular formula is C15H24N2O2. The molecule has 4 nitrogen and oxygen atoms in total. The van der Waals surface area contributed by atoms with E-state index < -0.39 is 0 Å². The summed E-state index contributed by atoms with van der Waals surface area (Å²) in [6.45, 7) is 7.97. The summed E-state index contributed by atoms with van der Waals surface area (Å²) >= 11 is 0. The largest absolute Gasteiger partial charge is 0.491 e. The molecule has 2 N–H and O–H groups in total. The number of carbonyl (C=O) groups excluding carboxylic acids is 1. The van der Waals surface area contributed by atoms with Crippen LogP contribution in [0.1, 0.15) is 38.7 Å². The molecule has 0 aliphatic rings. The van der Waals surface area contributed by atoms with Gasteiger partial charge in [0.25, 0.3) is 0 Å². The molecule has 0 aliphatic heterocycles. The smallest absolute Gasteiger partial charge is 0.314 e. The molecule has 0 radical (unpaired) electrons. The fraction of sp³-hybridized carbons (Fsp3) is 0.533. The average molecular weight is 264 g/mol. The Hall–Kier alpha value is -1.71. The topological polar surface area (TPSA) is 50.4 Å². The molecule has 0 saturated carbocycles. The predicted octanol–water partition coefficient (Wildman–Crippen LogP) is 2.90. The third-order valence-corrected chi connectivity index (χ3v) is 2.72. The van der Waals surface area contributed by atoms with Gasteiger partial charge in [-0.1, -0.05) is 39.0 Å². The van der Waals surface area contributed by atoms with E-state index in [0.717, 1.165) is 12.2 Å². The van der Waals surface area contributed by atoms with Gasteiger partial charge >= 0.3 is 6.03 Å². The second-order valence-corrected chi connectivity index (χ2v) is 4.72. The van der Waals surface area contributed by atoms with Gasteiger partial charge in [0, 0.05) is 6.54 Å². The van der Waals surface area contributed by atoms with E-state index in [1.807, 2.05) is 25.1 Å². The molecule has 106 valence electrons. The first-order valence-electron chi connectivity index (χ1n) is 6.88. The van der Waals surface area contributed by atoms with Gasteiger partial charge in [-0.15, -0.1) is 0 Å². The summed E-state index contributed by atoms with van der Waals surface area (Å²) in [5.74, 6) is 1.32. The summed E-state index contributed by atoms with van der Waals surface area (Å²) in [6.07, 6.45) is 0.936. The Morgan fingerprint density at radius 1 is 1.21 bits per heavy atom. The molecule has 0 aromatic heterocycles. The van der Waals surface area contributed by atoms with E-state index in [1.165, 1.54) is 5.56 Å². The van der Waals surface area contributed by atoms with Crippen molar-refractivity contribution in [3.63, 3.8) is 0 Å². The van der Waals surface area contributed by atoms with E-state index in [9.17, 15) is 4.79 Å². The minimum absolute atomic E-state index is 0.136. The van der Waals surface area contributed by atoms with Crippen molar-refractivity contribution in [2.75, 3.05) is 19.7 Å². The molecule has 0 saturated heterocycles. The monoisotopic (exact) mass is 264 g/mol. The Balaban J connectivity index is 2.31. The number of carbonyl (C=O) groups is 1. The minimum Gasteiger partial charge on any atom is -0.491 e. The third-order valence-electron chi connectivity index (χ3n) is 2.72. The average Bonchev–Trinajstić information content (AvgIpc) is 2.41. The predicted molar refractivity (Wildman–Crippen MR) is 77.7 cm³/mol. The molecule has 0 bridgehead atoms. The van der Waals surface area contributed by atoms with Crippen molar-refractivity contribution in [1.82, 2.24) is 10.6 Å². The van der Waals surface area contributed by atoms with Gasteiger partial charge in [-0.2, -0.15) is 0 Å². The Morgan fingerprint density at radius 2 is 1.89 bits per heavy atom. The van der Waals surface area contributed by atoms with Crippen LogP contribution in [-0.2, 0) is 0 Å². The summed E-state index contributed by atoms with van der Waals surface area (Å²) in [5, 5.41) is 5.52. The van der Waals surface area contributed by atoms with Gasteiger partial charge in [0.15, 0.2) is 0 Å². The van der Waals surface area contributed by atoms with Crippen molar-refractivity contribution in [3.8, 4) is 5.75 Å². The molecule has 0 heterocycles. The number of hydrogen-bond acceptors (Lipinski definition) is 2. The molecule has 0 unspecified atom stereocenters. The highest BCUT2D eigenvalue weighted by molar-refractivity contribution is 5.73. The number of ether oxygens (including phenoxy) is 1. The molecule has 1 aromatic carbocycles. The lowest BCUT2D eigenvalue weighted by Gasteiger charge is -2.14. The molecule has 4 heteroatoms. The fourth-order valence-corrected chi connectivity index (χ4v) is 1.72. The zero-order valence-electron chi connectivity index (χ0n) is 12.0. The van der Waals surface area contributed by atoms with E-state index in [4.69, 9.17) is 4.74 Å². The summed E-state index contributed by atoms with van der Waals surface area (Å²) in [6, 6.07) is 7.87. The molecular weight excluding hydrogens is 240 g/mol. The Labute approximate surface area is 115 Å². The van der Waals surface area contributed by atoms with Gasteiger partial charge in [-0.3, -0.25) is 0 Å². The van der Waals surface area contributed by atoms with E-state index >= 15 is 0 Å². The molecule has 1 rings (SSSR count).